The van der Waals surface area contributed by atoms with Crippen LogP contribution in [0, 0.1) is 5.92 Å². The number of nitrogens with one attached hydrogen (secondary N) is 1. The number of nitrogens with zero attached hydrogens (tertiary/aromatic N) is 1. The third-order valence-corrected chi connectivity index (χ3v) is 6.36. The fourth-order valence-electron chi connectivity index (χ4n) is 4.44. The Hall–Kier alpha value is -1.69. The van der Waals surface area contributed by atoms with Gasteiger partial charge in [-0.15, -0.1) is 0 Å². The molecule has 1 N–H and O–H groups in total. The van der Waals surface area contributed by atoms with Crippen LogP contribution in [-0.4, -0.2) is 36.1 Å². The molecule has 4 rings (SSSR count). The van der Waals surface area contributed by atoms with Crippen molar-refractivity contribution in [2.45, 2.75) is 51.5 Å². The minimum absolute atomic E-state index is 0.0948. The molecule has 4 nitrogen and oxygen atoms in total. The molecule has 1 amide bonds. The van der Waals surface area contributed by atoms with E-state index in [0.717, 1.165) is 30.5 Å². The predicted molar refractivity (Wildman–Crippen MR) is 119 cm³/mol. The summed E-state index contributed by atoms with van der Waals surface area (Å²) < 4.78 is 6.92. The zero-order chi connectivity index (χ0) is 20.4. The summed E-state index contributed by atoms with van der Waals surface area (Å²) in [5.41, 5.74) is 3.73. The Labute approximate surface area is 181 Å². The Bertz CT molecular complexity index is 861. The summed E-state index contributed by atoms with van der Waals surface area (Å²) in [7, 11) is 0. The molecule has 5 heteroatoms. The molecule has 0 radical (unpaired) electrons. The number of carbonyl (C=O) groups is 1. The third-order valence-electron chi connectivity index (χ3n) is 5.86. The minimum atomic E-state index is 0.0948. The number of morpholine rings is 1. The van der Waals surface area contributed by atoms with Crippen molar-refractivity contribution in [2.75, 3.05) is 13.1 Å². The highest BCUT2D eigenvalue weighted by Crippen LogP contribution is 2.48. The molecule has 29 heavy (non-hydrogen) atoms. The van der Waals surface area contributed by atoms with Gasteiger partial charge in [0, 0.05) is 36.6 Å². The van der Waals surface area contributed by atoms with Crippen molar-refractivity contribution in [3.05, 3.63) is 69.7 Å². The topological polar surface area (TPSA) is 41.6 Å². The highest BCUT2D eigenvalue weighted by atomic mass is 79.9. The zero-order valence-corrected chi connectivity index (χ0v) is 18.7. The average molecular weight is 457 g/mol. The summed E-state index contributed by atoms with van der Waals surface area (Å²) in [6.07, 6.45) is 1.46. The summed E-state index contributed by atoms with van der Waals surface area (Å²) >= 11 is 3.52. The van der Waals surface area contributed by atoms with Crippen LogP contribution >= 0.6 is 15.9 Å². The number of benzene rings is 2. The highest BCUT2D eigenvalue weighted by Gasteiger charge is 2.43. The van der Waals surface area contributed by atoms with Crippen LogP contribution in [-0.2, 0) is 22.6 Å². The van der Waals surface area contributed by atoms with Gasteiger partial charge in [-0.1, -0.05) is 52.3 Å². The summed E-state index contributed by atoms with van der Waals surface area (Å²) in [5, 5.41) is 3.18. The first-order chi connectivity index (χ1) is 14.0. The quantitative estimate of drug-likeness (QED) is 0.696. The van der Waals surface area contributed by atoms with Gasteiger partial charge in [0.25, 0.3) is 0 Å². The molecule has 2 aromatic carbocycles. The molecule has 4 atom stereocenters. The van der Waals surface area contributed by atoms with Gasteiger partial charge in [-0.2, -0.15) is 0 Å². The fraction of sp³-hybridized carbons (Fsp3) is 0.458. The van der Waals surface area contributed by atoms with Crippen molar-refractivity contribution < 1.29 is 9.53 Å². The van der Waals surface area contributed by atoms with Gasteiger partial charge in [-0.3, -0.25) is 9.69 Å². The van der Waals surface area contributed by atoms with E-state index in [9.17, 15) is 4.79 Å². The molecular formula is C24H29BrN2O2. The van der Waals surface area contributed by atoms with Crippen LogP contribution in [0.3, 0.4) is 0 Å². The lowest BCUT2D eigenvalue weighted by Crippen LogP contribution is -2.45. The largest absolute Gasteiger partial charge is 0.373 e. The SMILES string of the molecule is CC1CN(Cc2ccccc2CNC(=O)C2CC2c2cccc(Br)c2)CC(C)O1. The molecule has 1 aliphatic heterocycles. The van der Waals surface area contributed by atoms with Crippen molar-refractivity contribution in [1.29, 1.82) is 0 Å². The van der Waals surface area contributed by atoms with E-state index in [-0.39, 0.29) is 24.0 Å². The van der Waals surface area contributed by atoms with E-state index in [0.29, 0.717) is 12.5 Å². The second-order valence-electron chi connectivity index (χ2n) is 8.44. The molecule has 2 aromatic rings. The van der Waals surface area contributed by atoms with Crippen LogP contribution in [0.5, 0.6) is 0 Å². The van der Waals surface area contributed by atoms with Gasteiger partial charge in [0.2, 0.25) is 5.91 Å². The van der Waals surface area contributed by atoms with E-state index in [1.54, 1.807) is 0 Å². The van der Waals surface area contributed by atoms with E-state index in [4.69, 9.17) is 4.74 Å². The van der Waals surface area contributed by atoms with Crippen LogP contribution in [0.25, 0.3) is 0 Å². The van der Waals surface area contributed by atoms with Gasteiger partial charge in [0.05, 0.1) is 12.2 Å². The van der Waals surface area contributed by atoms with E-state index in [1.165, 1.54) is 16.7 Å². The molecule has 1 heterocycles. The van der Waals surface area contributed by atoms with Crippen molar-refractivity contribution >= 4 is 21.8 Å². The zero-order valence-electron chi connectivity index (χ0n) is 17.1. The number of amides is 1. The van der Waals surface area contributed by atoms with Gasteiger partial charge in [-0.25, -0.2) is 0 Å². The number of halogens is 1. The van der Waals surface area contributed by atoms with Crippen molar-refractivity contribution in [1.82, 2.24) is 10.2 Å². The maximum Gasteiger partial charge on any atom is 0.224 e. The maximum absolute atomic E-state index is 12.7. The molecule has 4 unspecified atom stereocenters. The Kier molecular flexibility index (Phi) is 6.38. The Balaban J connectivity index is 1.34. The maximum atomic E-state index is 12.7. The Morgan fingerprint density at radius 2 is 1.83 bits per heavy atom. The Morgan fingerprint density at radius 3 is 2.55 bits per heavy atom. The molecule has 0 aromatic heterocycles. The second kappa shape index (κ2) is 8.99. The molecule has 2 aliphatic rings. The van der Waals surface area contributed by atoms with E-state index < -0.39 is 0 Å². The summed E-state index contributed by atoms with van der Waals surface area (Å²) in [5.74, 6) is 0.606. The van der Waals surface area contributed by atoms with Crippen LogP contribution in [0.1, 0.15) is 42.9 Å². The van der Waals surface area contributed by atoms with Crippen LogP contribution in [0.4, 0.5) is 0 Å². The molecule has 1 saturated carbocycles. The highest BCUT2D eigenvalue weighted by molar-refractivity contribution is 9.10. The molecule has 0 bridgehead atoms. The predicted octanol–water partition coefficient (Wildman–Crippen LogP) is 4.48. The van der Waals surface area contributed by atoms with Gasteiger partial charge in [0.15, 0.2) is 0 Å². The van der Waals surface area contributed by atoms with Gasteiger partial charge < -0.3 is 10.1 Å². The average Bonchev–Trinajstić information content (AvgIpc) is 3.47. The minimum Gasteiger partial charge on any atom is -0.373 e. The normalized spacial score (nSPS) is 26.9. The summed E-state index contributed by atoms with van der Waals surface area (Å²) in [6.45, 7) is 7.64. The number of rotatable bonds is 6. The van der Waals surface area contributed by atoms with Crippen molar-refractivity contribution in [3.63, 3.8) is 0 Å². The molecule has 1 aliphatic carbocycles. The first kappa shape index (κ1) is 20.6. The lowest BCUT2D eigenvalue weighted by molar-refractivity contribution is -0.122. The van der Waals surface area contributed by atoms with Crippen molar-refractivity contribution in [2.24, 2.45) is 5.92 Å². The first-order valence-corrected chi connectivity index (χ1v) is 11.3. The van der Waals surface area contributed by atoms with Crippen molar-refractivity contribution in [3.8, 4) is 0 Å². The molecule has 2 fully saturated rings. The summed E-state index contributed by atoms with van der Waals surface area (Å²) in [4.78, 5) is 15.1. The Morgan fingerprint density at radius 1 is 1.10 bits per heavy atom. The lowest BCUT2D eigenvalue weighted by Gasteiger charge is -2.35. The molecular weight excluding hydrogens is 428 g/mol. The van der Waals surface area contributed by atoms with E-state index in [1.807, 2.05) is 12.1 Å². The summed E-state index contributed by atoms with van der Waals surface area (Å²) in [6, 6.07) is 16.7. The number of hydrogen-bond acceptors (Lipinski definition) is 3. The fourth-order valence-corrected chi connectivity index (χ4v) is 4.86. The monoisotopic (exact) mass is 456 g/mol. The van der Waals surface area contributed by atoms with Gasteiger partial charge in [-0.05, 0) is 55.0 Å². The number of ether oxygens (including phenoxy) is 1. The van der Waals surface area contributed by atoms with E-state index >= 15 is 0 Å². The lowest BCUT2D eigenvalue weighted by atomic mass is 10.1. The number of hydrogen-bond donors (Lipinski definition) is 1. The number of carbonyl (C=O) groups excluding carboxylic acids is 1. The first-order valence-electron chi connectivity index (χ1n) is 10.5. The molecule has 1 saturated heterocycles. The van der Waals surface area contributed by atoms with Crippen LogP contribution in [0.15, 0.2) is 53.0 Å². The van der Waals surface area contributed by atoms with Crippen LogP contribution in [0.2, 0.25) is 0 Å². The second-order valence-corrected chi connectivity index (χ2v) is 9.36. The van der Waals surface area contributed by atoms with Gasteiger partial charge >= 0.3 is 0 Å². The molecule has 0 spiro atoms. The third kappa shape index (κ3) is 5.27. The van der Waals surface area contributed by atoms with Crippen LogP contribution < -0.4 is 5.32 Å². The standard InChI is InChI=1S/C24H29BrN2O2/c1-16-13-27(14-17(2)29-16)15-20-7-4-3-6-19(20)12-26-24(28)23-11-22(23)18-8-5-9-21(25)10-18/h3-10,16-17,22-23H,11-15H2,1-2H3,(H,26,28). The molecule has 154 valence electrons. The van der Waals surface area contributed by atoms with E-state index in [2.05, 4.69) is 76.4 Å². The smallest absolute Gasteiger partial charge is 0.224 e. The van der Waals surface area contributed by atoms with Gasteiger partial charge in [0.1, 0.15) is 0 Å².